The molecule has 3 fully saturated rings. The summed E-state index contributed by atoms with van der Waals surface area (Å²) in [6.45, 7) is 13.9. The van der Waals surface area contributed by atoms with E-state index in [0.29, 0.717) is 12.0 Å². The van der Waals surface area contributed by atoms with Gasteiger partial charge in [0.1, 0.15) is 60.4 Å². The number of fused-ring (bicyclic) bond motifs is 1. The molecule has 104 heavy (non-hydrogen) atoms. The number of carbonyl (C=O) groups excluding carboxylic acids is 12. The quantitative estimate of drug-likeness (QED) is 0.196. The van der Waals surface area contributed by atoms with E-state index in [0.717, 1.165) is 48.3 Å². The van der Waals surface area contributed by atoms with Crippen LogP contribution in [-0.2, 0) is 76.6 Å². The average Bonchev–Trinajstić information content (AvgIpc) is 0.789. The van der Waals surface area contributed by atoms with Crippen molar-refractivity contribution in [2.75, 3.05) is 96.2 Å². The number of hydrogen-bond acceptors (Lipinski definition) is 13. The number of likely N-dealkylation sites (tertiary alicyclic amines) is 1. The fourth-order valence-electron chi connectivity index (χ4n) is 13.4. The molecule has 0 aromatic heterocycles. The second kappa shape index (κ2) is 37.3. The van der Waals surface area contributed by atoms with E-state index in [1.165, 1.54) is 102 Å². The summed E-state index contributed by atoms with van der Waals surface area (Å²) in [6.07, 6.45) is -5.96. The van der Waals surface area contributed by atoms with Crippen LogP contribution in [0, 0.1) is 24.7 Å². The fraction of sp³-hybridized carbons (Fsp3) is 0.671. The number of carbonyl (C=O) groups is 12. The van der Waals surface area contributed by atoms with E-state index in [2.05, 4.69) is 16.0 Å². The first-order valence-corrected chi connectivity index (χ1v) is 36.0. The number of nitrogens with one attached hydrogen (secondary N) is 3. The maximum atomic E-state index is 15.3. The third-order valence-electron chi connectivity index (χ3n) is 20.8. The Kier molecular flexibility index (Phi) is 31.1. The van der Waals surface area contributed by atoms with E-state index in [1.807, 2.05) is 20.8 Å². The third-order valence-corrected chi connectivity index (χ3v) is 21.1. The van der Waals surface area contributed by atoms with Gasteiger partial charge in [0.25, 0.3) is 5.92 Å². The van der Waals surface area contributed by atoms with Crippen LogP contribution in [0.25, 0.3) is 0 Å². The number of alkyl halides is 5. The molecule has 25 nitrogen and oxygen atoms in total. The molecule has 580 valence electrons. The number of rotatable bonds is 15. The lowest BCUT2D eigenvalue weighted by atomic mass is 9.94. The minimum atomic E-state index is -4.83. The van der Waals surface area contributed by atoms with Crippen molar-refractivity contribution in [3.05, 3.63) is 69.7 Å². The summed E-state index contributed by atoms with van der Waals surface area (Å²) >= 11 is 6.14. The molecule has 1 unspecified atom stereocenters. The number of benzene rings is 2. The van der Waals surface area contributed by atoms with Crippen LogP contribution >= 0.6 is 11.6 Å². The van der Waals surface area contributed by atoms with E-state index < -0.39 is 192 Å². The van der Waals surface area contributed by atoms with Crippen LogP contribution in [0.1, 0.15) is 135 Å². The van der Waals surface area contributed by atoms with Gasteiger partial charge in [0.2, 0.25) is 70.9 Å². The molecule has 31 heteroatoms. The van der Waals surface area contributed by atoms with Crippen LogP contribution in [0.2, 0.25) is 5.02 Å². The molecule has 3 N–H and O–H groups in total. The second-order valence-corrected chi connectivity index (χ2v) is 29.6. The Balaban J connectivity index is 1.68. The number of piperidine rings is 1. The molecule has 3 heterocycles. The number of hydrogen-bond donors (Lipinski definition) is 3. The molecule has 0 aliphatic carbocycles. The molecule has 3 saturated heterocycles. The van der Waals surface area contributed by atoms with Crippen LogP contribution in [0.15, 0.2) is 42.5 Å². The number of nitrogens with zero attached hydrogens (tertiary/aromatic N) is 10. The van der Waals surface area contributed by atoms with Gasteiger partial charge >= 0.3 is 6.18 Å². The molecule has 2 aromatic carbocycles. The summed E-state index contributed by atoms with van der Waals surface area (Å²) in [5.41, 5.74) is 0.537. The topological polar surface area (TPSA) is 273 Å². The molecule has 12 atom stereocenters. The van der Waals surface area contributed by atoms with Crippen LogP contribution in [0.5, 0.6) is 0 Å². The van der Waals surface area contributed by atoms with Crippen molar-refractivity contribution in [1.29, 1.82) is 0 Å². The molecular formula is C73H109ClF5N13O12. The van der Waals surface area contributed by atoms with E-state index >= 15 is 19.2 Å². The minimum absolute atomic E-state index is 0.0663. The number of amides is 12. The highest BCUT2D eigenvalue weighted by Crippen LogP contribution is 2.36. The highest BCUT2D eigenvalue weighted by atomic mass is 35.5. The maximum absolute atomic E-state index is 15.3. The zero-order valence-electron chi connectivity index (χ0n) is 63.5. The van der Waals surface area contributed by atoms with Gasteiger partial charge in [0.05, 0.1) is 30.1 Å². The van der Waals surface area contributed by atoms with Crippen molar-refractivity contribution in [3.63, 3.8) is 0 Å². The Bertz CT molecular complexity index is 3420. The molecule has 0 radical (unpaired) electrons. The fourth-order valence-corrected chi connectivity index (χ4v) is 13.7. The molecular weight excluding hydrogens is 1380 g/mol. The van der Waals surface area contributed by atoms with Gasteiger partial charge in [-0.2, -0.15) is 13.2 Å². The Morgan fingerprint density at radius 1 is 0.663 bits per heavy atom. The van der Waals surface area contributed by atoms with Gasteiger partial charge in [-0.25, -0.2) is 8.78 Å². The van der Waals surface area contributed by atoms with Gasteiger partial charge in [-0.05, 0) is 107 Å². The molecule has 5 rings (SSSR count). The molecule has 2 aromatic rings. The molecule has 0 saturated carbocycles. The Morgan fingerprint density at radius 2 is 1.26 bits per heavy atom. The normalized spacial score (nSPS) is 26.1. The van der Waals surface area contributed by atoms with E-state index in [1.54, 1.807) is 52.0 Å². The summed E-state index contributed by atoms with van der Waals surface area (Å²) in [4.78, 5) is 190. The Hall–Kier alpha value is -8.02. The van der Waals surface area contributed by atoms with E-state index in [9.17, 15) is 60.3 Å². The van der Waals surface area contributed by atoms with Crippen molar-refractivity contribution in [1.82, 2.24) is 64.9 Å². The molecule has 3 aliphatic heterocycles. The predicted octanol–water partition coefficient (Wildman–Crippen LogP) is 5.11. The van der Waals surface area contributed by atoms with E-state index in [4.69, 9.17) is 11.6 Å². The Labute approximate surface area is 613 Å². The van der Waals surface area contributed by atoms with Gasteiger partial charge in [0, 0.05) is 89.4 Å². The van der Waals surface area contributed by atoms with Crippen LogP contribution in [0.3, 0.4) is 0 Å². The largest absolute Gasteiger partial charge is 0.417 e. The van der Waals surface area contributed by atoms with Crippen molar-refractivity contribution in [2.45, 2.75) is 205 Å². The maximum Gasteiger partial charge on any atom is 0.417 e. The van der Waals surface area contributed by atoms with Gasteiger partial charge in [-0.1, -0.05) is 102 Å². The summed E-state index contributed by atoms with van der Waals surface area (Å²) in [5.74, 6) is -14.0. The van der Waals surface area contributed by atoms with Gasteiger partial charge in [-0.15, -0.1) is 0 Å². The predicted molar refractivity (Wildman–Crippen MR) is 381 cm³/mol. The summed E-state index contributed by atoms with van der Waals surface area (Å²) < 4.78 is 71.7. The summed E-state index contributed by atoms with van der Waals surface area (Å²) in [5, 5.41) is 7.50. The van der Waals surface area contributed by atoms with Crippen LogP contribution in [-0.4, -0.2) is 282 Å². The molecule has 0 bridgehead atoms. The monoisotopic (exact) mass is 1490 g/mol. The lowest BCUT2D eigenvalue weighted by molar-refractivity contribution is -0.160. The standard InChI is InChI=1S/C73H109ClF5N13O12/c1-19-44(6)60-70(103)85(13)47(9)65(98)92-35-31-54(92)69(102)88(16)56(38-49-24-22-43(5)23-25-49)68(101)84(12)40-58(93)81-52(29-27-48-26-28-50(51(74)37-48)73(77,78)79)66(99)87(15)53(30-34-91-33-21-32-72(75,76)41-91)62(95)80-46(8)64(97)90(18)61(45(7)20-2)71(104)89(17)57(67(100)83(10)11)39-59(94)86(14)55(36-42(3)4)63(96)82-60/h22-26,28,37,42,44-47,52-57,60-61H,19-21,27,29-36,38-41H2,1-18H3,(H,80,95)(H,81,93)(H,82,96)/t44-,45-,46-,47-,52-,53-,54?,55-,56-,57-,60-,61-/m0/s1. The summed E-state index contributed by atoms with van der Waals surface area (Å²) in [7, 11) is 12.1. The first-order valence-electron chi connectivity index (χ1n) is 35.7. The smallest absolute Gasteiger partial charge is 0.347 e. The lowest BCUT2D eigenvalue weighted by Gasteiger charge is -2.45. The number of likely N-dealkylation sites (N-methyl/N-ethyl adjacent to an activating group) is 8. The van der Waals surface area contributed by atoms with Crippen LogP contribution < -0.4 is 16.0 Å². The Morgan fingerprint density at radius 3 is 1.81 bits per heavy atom. The average molecular weight is 1490 g/mol. The number of aryl methyl sites for hydroxylation is 2. The highest BCUT2D eigenvalue weighted by molar-refractivity contribution is 6.31. The summed E-state index contributed by atoms with van der Waals surface area (Å²) in [6, 6.07) is -3.84. The molecule has 12 amide bonds. The van der Waals surface area contributed by atoms with Crippen molar-refractivity contribution >= 4 is 82.5 Å². The van der Waals surface area contributed by atoms with Crippen LogP contribution in [0.4, 0.5) is 22.0 Å². The lowest BCUT2D eigenvalue weighted by Crippen LogP contribution is -2.65. The SMILES string of the molecule is CC[C@H](C)[C@@H]1NC(=O)[C@H](CC(C)C)N(C)C(=O)C[C@@H](C(=O)N(C)C)N(C)C(=O)[C@H]([C@@H](C)CC)N(C)C(=O)[C@H](C)NC(=O)[C@H](CCN2CCCC(F)(F)C2)N(C)C(=O)[C@H](CCc2ccc(C(F)(F)F)c(Cl)c2)NC(=O)CN(C)C(=O)[C@H](Cc2ccc(C)cc2)N(C)C(=O)C2CCN2C(=O)[C@H](C)N(C)C1=O. The van der Waals surface area contributed by atoms with Crippen molar-refractivity contribution in [3.8, 4) is 0 Å². The first-order chi connectivity index (χ1) is 48.4. The minimum Gasteiger partial charge on any atom is -0.347 e. The highest BCUT2D eigenvalue weighted by Gasteiger charge is 2.47. The third kappa shape index (κ3) is 22.0. The van der Waals surface area contributed by atoms with Gasteiger partial charge < -0.3 is 60.0 Å². The molecule has 3 aliphatic rings. The number of halogens is 6. The second-order valence-electron chi connectivity index (χ2n) is 29.2. The van der Waals surface area contributed by atoms with Gasteiger partial charge in [-0.3, -0.25) is 62.4 Å². The van der Waals surface area contributed by atoms with Crippen molar-refractivity contribution in [2.24, 2.45) is 17.8 Å². The van der Waals surface area contributed by atoms with Gasteiger partial charge in [0.15, 0.2) is 0 Å². The van der Waals surface area contributed by atoms with E-state index in [-0.39, 0.29) is 82.5 Å². The first kappa shape index (κ1) is 86.6. The van der Waals surface area contributed by atoms with Crippen molar-refractivity contribution < 1.29 is 79.5 Å². The zero-order valence-corrected chi connectivity index (χ0v) is 64.3. The molecule has 0 spiro atoms. The zero-order chi connectivity index (χ0) is 78.5.